The summed E-state index contributed by atoms with van der Waals surface area (Å²) in [6.07, 6.45) is 5.28. The van der Waals surface area contributed by atoms with E-state index in [1.165, 1.54) is 0 Å². The first-order valence-corrected chi connectivity index (χ1v) is 12.5. The van der Waals surface area contributed by atoms with Gasteiger partial charge in [-0.2, -0.15) is 0 Å². The number of nitrogens with one attached hydrogen (secondary N) is 1. The third-order valence-corrected chi connectivity index (χ3v) is 6.93. The van der Waals surface area contributed by atoms with Crippen LogP contribution >= 0.6 is 0 Å². The van der Waals surface area contributed by atoms with Crippen molar-refractivity contribution in [2.24, 2.45) is 11.8 Å². The van der Waals surface area contributed by atoms with Gasteiger partial charge in [-0.15, -0.1) is 0 Å². The van der Waals surface area contributed by atoms with E-state index >= 15 is 0 Å². The molecule has 2 saturated carbocycles. The number of anilines is 1. The molecule has 2 N–H and O–H groups in total. The number of ether oxygens (including phenoxy) is 3. The topological polar surface area (TPSA) is 94.1 Å². The van der Waals surface area contributed by atoms with Crippen molar-refractivity contribution in [2.75, 3.05) is 19.0 Å². The highest BCUT2D eigenvalue weighted by Crippen LogP contribution is 2.38. The van der Waals surface area contributed by atoms with Crippen LogP contribution in [0.25, 0.3) is 11.1 Å². The van der Waals surface area contributed by atoms with Crippen molar-refractivity contribution in [3.63, 3.8) is 0 Å². The van der Waals surface area contributed by atoms with Crippen molar-refractivity contribution in [3.05, 3.63) is 41.5 Å². The van der Waals surface area contributed by atoms with Gasteiger partial charge in [0.15, 0.2) is 0 Å². The molecule has 0 heterocycles. The molecule has 0 aliphatic heterocycles. The van der Waals surface area contributed by atoms with Crippen LogP contribution in [0.1, 0.15) is 56.6 Å². The van der Waals surface area contributed by atoms with Gasteiger partial charge >= 0.3 is 5.97 Å². The summed E-state index contributed by atoms with van der Waals surface area (Å²) in [4.78, 5) is 24.7. The molecule has 2 fully saturated rings. The van der Waals surface area contributed by atoms with E-state index < -0.39 is 17.8 Å². The second-order valence-corrected chi connectivity index (χ2v) is 9.44. The summed E-state index contributed by atoms with van der Waals surface area (Å²) in [5.74, 6) is -0.744. The summed E-state index contributed by atoms with van der Waals surface area (Å²) in [6, 6.07) is 9.76. The fraction of sp³-hybridized carbons (Fsp3) is 0.500. The van der Waals surface area contributed by atoms with Crippen molar-refractivity contribution >= 4 is 17.6 Å². The highest BCUT2D eigenvalue weighted by molar-refractivity contribution is 5.95. The summed E-state index contributed by atoms with van der Waals surface area (Å²) < 4.78 is 17.5. The third kappa shape index (κ3) is 5.96. The monoisotopic (exact) mass is 481 g/mol. The lowest BCUT2D eigenvalue weighted by Gasteiger charge is -2.27. The van der Waals surface area contributed by atoms with E-state index in [1.807, 2.05) is 44.2 Å². The van der Waals surface area contributed by atoms with Crippen LogP contribution < -0.4 is 14.8 Å². The van der Waals surface area contributed by atoms with E-state index in [9.17, 15) is 14.7 Å². The molecule has 7 heteroatoms. The van der Waals surface area contributed by atoms with E-state index in [0.29, 0.717) is 31.7 Å². The van der Waals surface area contributed by atoms with Gasteiger partial charge in [0.1, 0.15) is 11.5 Å². The number of benzene rings is 2. The quantitative estimate of drug-likeness (QED) is 0.460. The molecule has 2 aliphatic rings. The molecule has 2 atom stereocenters. The Morgan fingerprint density at radius 1 is 1.03 bits per heavy atom. The van der Waals surface area contributed by atoms with Crippen LogP contribution in [-0.4, -0.2) is 36.8 Å². The number of carbonyl (C=O) groups excluding carboxylic acids is 1. The van der Waals surface area contributed by atoms with Gasteiger partial charge in [-0.25, -0.2) is 0 Å². The zero-order valence-corrected chi connectivity index (χ0v) is 20.8. The number of carboxylic acid groups (broad SMARTS) is 1. The average Bonchev–Trinajstić information content (AvgIpc) is 3.69. The van der Waals surface area contributed by atoms with Gasteiger partial charge in [0, 0.05) is 11.3 Å². The second-order valence-electron chi connectivity index (χ2n) is 9.44. The van der Waals surface area contributed by atoms with Crippen molar-refractivity contribution in [1.82, 2.24) is 0 Å². The highest BCUT2D eigenvalue weighted by Gasteiger charge is 2.35. The largest absolute Gasteiger partial charge is 0.496 e. The summed E-state index contributed by atoms with van der Waals surface area (Å²) in [5, 5.41) is 12.5. The van der Waals surface area contributed by atoms with Crippen LogP contribution in [0.5, 0.6) is 11.5 Å². The average molecular weight is 482 g/mol. The van der Waals surface area contributed by atoms with Crippen molar-refractivity contribution in [1.29, 1.82) is 0 Å². The summed E-state index contributed by atoms with van der Waals surface area (Å²) in [7, 11) is 1.65. The Kier molecular flexibility index (Phi) is 7.96. The maximum absolute atomic E-state index is 13.0. The Balaban J connectivity index is 1.63. The number of rotatable bonds is 10. The highest BCUT2D eigenvalue weighted by atomic mass is 16.5. The molecule has 0 spiro atoms. The molecule has 0 aromatic heterocycles. The fourth-order valence-corrected chi connectivity index (χ4v) is 4.83. The number of hydrogen-bond donors (Lipinski definition) is 2. The Morgan fingerprint density at radius 3 is 2.40 bits per heavy atom. The van der Waals surface area contributed by atoms with Gasteiger partial charge < -0.3 is 24.6 Å². The van der Waals surface area contributed by atoms with Gasteiger partial charge in [0.05, 0.1) is 38.3 Å². The molecule has 4 rings (SSSR count). The normalized spacial score (nSPS) is 19.7. The van der Waals surface area contributed by atoms with Gasteiger partial charge in [0.2, 0.25) is 5.91 Å². The maximum Gasteiger partial charge on any atom is 0.307 e. The van der Waals surface area contributed by atoms with E-state index in [4.69, 9.17) is 14.2 Å². The Morgan fingerprint density at radius 2 is 1.74 bits per heavy atom. The fourth-order valence-electron chi connectivity index (χ4n) is 4.83. The minimum atomic E-state index is -0.892. The van der Waals surface area contributed by atoms with Crippen molar-refractivity contribution < 1.29 is 28.9 Å². The van der Waals surface area contributed by atoms with Crippen LogP contribution in [0.4, 0.5) is 5.69 Å². The lowest BCUT2D eigenvalue weighted by atomic mass is 9.78. The van der Waals surface area contributed by atoms with Crippen molar-refractivity contribution in [2.45, 2.75) is 65.1 Å². The number of amides is 1. The number of methoxy groups -OCH3 is 1. The zero-order valence-electron chi connectivity index (χ0n) is 20.8. The summed E-state index contributed by atoms with van der Waals surface area (Å²) in [5.41, 5.74) is 4.46. The zero-order chi connectivity index (χ0) is 24.9. The Labute approximate surface area is 206 Å². The summed E-state index contributed by atoms with van der Waals surface area (Å²) in [6.45, 7) is 4.89. The molecular weight excluding hydrogens is 446 g/mol. The minimum Gasteiger partial charge on any atom is -0.496 e. The molecule has 0 radical (unpaired) electrons. The molecule has 188 valence electrons. The minimum absolute atomic E-state index is 0.227. The maximum atomic E-state index is 13.0. The predicted octanol–water partition coefficient (Wildman–Crippen LogP) is 5.58. The Hall–Kier alpha value is -3.06. The molecule has 1 unspecified atom stereocenters. The van der Waals surface area contributed by atoms with E-state index in [-0.39, 0.29) is 12.0 Å². The molecule has 2 aromatic rings. The molecule has 7 nitrogen and oxygen atoms in total. The van der Waals surface area contributed by atoms with Crippen molar-refractivity contribution in [3.8, 4) is 22.6 Å². The van der Waals surface area contributed by atoms with Gasteiger partial charge in [0.25, 0.3) is 0 Å². The molecule has 2 aromatic carbocycles. The number of aliphatic carboxylic acids is 1. The van der Waals surface area contributed by atoms with E-state index in [1.54, 1.807) is 7.11 Å². The van der Waals surface area contributed by atoms with Gasteiger partial charge in [-0.3, -0.25) is 9.59 Å². The molecule has 0 bridgehead atoms. The molecular formula is C28H35NO6. The van der Waals surface area contributed by atoms with Crippen LogP contribution in [0.3, 0.4) is 0 Å². The third-order valence-electron chi connectivity index (χ3n) is 6.93. The first-order chi connectivity index (χ1) is 16.9. The first kappa shape index (κ1) is 25.0. The number of hydrogen-bond acceptors (Lipinski definition) is 5. The number of carboxylic acids is 1. The molecule has 0 saturated heterocycles. The van der Waals surface area contributed by atoms with E-state index in [0.717, 1.165) is 59.4 Å². The van der Waals surface area contributed by atoms with Crippen LogP contribution in [0.15, 0.2) is 30.3 Å². The second kappa shape index (κ2) is 11.1. The van der Waals surface area contributed by atoms with Crippen LogP contribution in [-0.2, 0) is 20.9 Å². The molecule has 35 heavy (non-hydrogen) atoms. The van der Waals surface area contributed by atoms with E-state index in [2.05, 4.69) is 5.32 Å². The molecule has 1 amide bonds. The number of carbonyl (C=O) groups is 2. The van der Waals surface area contributed by atoms with Crippen LogP contribution in [0, 0.1) is 18.8 Å². The lowest BCUT2D eigenvalue weighted by Crippen LogP contribution is -2.36. The standard InChI is InChI=1S/C28H35NO6/c1-4-34-26-15-18(14-25(33-3)17(26)2)22-12-9-20(13-19(22)16-35-21-10-11-21)29-27(30)23-7-5-6-8-24(23)28(31)32/h9,12-15,21,23-24H,4-8,10-11,16H2,1-3H3,(H,29,30)(H,31,32)/t23-,24?/m0/s1. The van der Waals surface area contributed by atoms with Gasteiger partial charge in [-0.1, -0.05) is 18.9 Å². The SMILES string of the molecule is CCOc1cc(-c2ccc(NC(=O)[C@H]3CCCCC3C(=O)O)cc2COC2CC2)cc(OC)c1C. The molecule has 2 aliphatic carbocycles. The Bertz CT molecular complexity index is 1080. The van der Waals surface area contributed by atoms with Crippen LogP contribution in [0.2, 0.25) is 0 Å². The van der Waals surface area contributed by atoms with Gasteiger partial charge in [-0.05, 0) is 80.5 Å². The first-order valence-electron chi connectivity index (χ1n) is 12.5. The summed E-state index contributed by atoms with van der Waals surface area (Å²) >= 11 is 0. The predicted molar refractivity (Wildman–Crippen MR) is 134 cm³/mol. The smallest absolute Gasteiger partial charge is 0.307 e. The lowest BCUT2D eigenvalue weighted by molar-refractivity contribution is -0.147.